The maximum Gasteiger partial charge on any atom is 0.0964 e. The molecule has 5 nitrogen and oxygen atoms in total. The highest BCUT2D eigenvalue weighted by atomic mass is 16.5. The topological polar surface area (TPSA) is 52.0 Å². The van der Waals surface area contributed by atoms with Crippen LogP contribution in [0.3, 0.4) is 0 Å². The Kier molecular flexibility index (Phi) is 5.13. The van der Waals surface area contributed by atoms with Crippen molar-refractivity contribution in [2.24, 2.45) is 5.92 Å². The lowest BCUT2D eigenvalue weighted by Gasteiger charge is -2.07. The Hall–Kier alpha value is -0.940. The van der Waals surface area contributed by atoms with Crippen LogP contribution in [-0.4, -0.2) is 34.2 Å². The van der Waals surface area contributed by atoms with Gasteiger partial charge < -0.3 is 10.1 Å². The van der Waals surface area contributed by atoms with Crippen LogP contribution in [0, 0.1) is 5.92 Å². The summed E-state index contributed by atoms with van der Waals surface area (Å²) in [5.41, 5.74) is 1.02. The minimum atomic E-state index is 0.428. The van der Waals surface area contributed by atoms with Crippen molar-refractivity contribution in [2.45, 2.75) is 52.3 Å². The van der Waals surface area contributed by atoms with Crippen molar-refractivity contribution in [3.05, 3.63) is 11.9 Å². The zero-order valence-corrected chi connectivity index (χ0v) is 11.4. The van der Waals surface area contributed by atoms with E-state index in [4.69, 9.17) is 4.74 Å². The van der Waals surface area contributed by atoms with Crippen LogP contribution in [0.4, 0.5) is 0 Å². The molecule has 2 heterocycles. The maximum absolute atomic E-state index is 5.60. The zero-order valence-electron chi connectivity index (χ0n) is 11.4. The van der Waals surface area contributed by atoms with Gasteiger partial charge in [-0.05, 0) is 31.7 Å². The first-order valence-corrected chi connectivity index (χ1v) is 6.95. The number of hydrogen-bond acceptors (Lipinski definition) is 4. The molecule has 102 valence electrons. The van der Waals surface area contributed by atoms with Gasteiger partial charge in [-0.15, -0.1) is 5.10 Å². The van der Waals surface area contributed by atoms with Gasteiger partial charge in [0.15, 0.2) is 0 Å². The van der Waals surface area contributed by atoms with Crippen molar-refractivity contribution in [2.75, 3.05) is 13.2 Å². The van der Waals surface area contributed by atoms with Gasteiger partial charge in [-0.2, -0.15) is 0 Å². The first-order chi connectivity index (χ1) is 8.74. The smallest absolute Gasteiger partial charge is 0.0964 e. The highest BCUT2D eigenvalue weighted by Gasteiger charge is 2.15. The van der Waals surface area contributed by atoms with Crippen LogP contribution in [0.2, 0.25) is 0 Å². The molecular formula is C13H24N4O. The Bertz CT molecular complexity index is 345. The number of nitrogens with one attached hydrogen (secondary N) is 1. The van der Waals surface area contributed by atoms with Gasteiger partial charge >= 0.3 is 0 Å². The van der Waals surface area contributed by atoms with Crippen molar-refractivity contribution in [3.8, 4) is 0 Å². The molecule has 1 aromatic heterocycles. The highest BCUT2D eigenvalue weighted by molar-refractivity contribution is 4.91. The van der Waals surface area contributed by atoms with Gasteiger partial charge in [-0.25, -0.2) is 0 Å². The fourth-order valence-corrected chi connectivity index (χ4v) is 2.17. The van der Waals surface area contributed by atoms with E-state index in [1.165, 1.54) is 12.8 Å². The van der Waals surface area contributed by atoms with E-state index < -0.39 is 0 Å². The molecule has 0 spiro atoms. The standard InChI is InChI=1S/C13H24N4O/c1-11(2)8-14-9-12-10-17(16-15-12)6-5-13-4-3-7-18-13/h10-11,13-14H,3-9H2,1-2H3. The monoisotopic (exact) mass is 252 g/mol. The summed E-state index contributed by atoms with van der Waals surface area (Å²) < 4.78 is 7.52. The molecule has 1 aromatic rings. The molecule has 18 heavy (non-hydrogen) atoms. The summed E-state index contributed by atoms with van der Waals surface area (Å²) in [5.74, 6) is 0.666. The number of rotatable bonds is 7. The SMILES string of the molecule is CC(C)CNCc1cn(CCC2CCCO2)nn1. The fraction of sp³-hybridized carbons (Fsp3) is 0.846. The molecule has 0 bridgehead atoms. The van der Waals surface area contributed by atoms with Crippen LogP contribution in [-0.2, 0) is 17.8 Å². The molecule has 0 aliphatic carbocycles. The summed E-state index contributed by atoms with van der Waals surface area (Å²) >= 11 is 0. The predicted molar refractivity (Wildman–Crippen MR) is 70.2 cm³/mol. The van der Waals surface area contributed by atoms with E-state index in [1.54, 1.807) is 0 Å². The van der Waals surface area contributed by atoms with E-state index in [1.807, 2.05) is 10.9 Å². The van der Waals surface area contributed by atoms with Crippen LogP contribution in [0.25, 0.3) is 0 Å². The van der Waals surface area contributed by atoms with Crippen LogP contribution in [0.15, 0.2) is 6.20 Å². The summed E-state index contributed by atoms with van der Waals surface area (Å²) in [6.45, 7) is 8.05. The normalized spacial score (nSPS) is 19.8. The average molecular weight is 252 g/mol. The number of ether oxygens (including phenoxy) is 1. The number of aromatic nitrogens is 3. The van der Waals surface area contributed by atoms with E-state index in [2.05, 4.69) is 29.5 Å². The highest BCUT2D eigenvalue weighted by Crippen LogP contribution is 2.15. The Morgan fingerprint density at radius 1 is 1.56 bits per heavy atom. The van der Waals surface area contributed by atoms with Crippen LogP contribution >= 0.6 is 0 Å². The molecule has 0 radical (unpaired) electrons. The Labute approximate surface area is 109 Å². The van der Waals surface area contributed by atoms with Gasteiger partial charge in [0, 0.05) is 25.9 Å². The van der Waals surface area contributed by atoms with Gasteiger partial charge in [0.25, 0.3) is 0 Å². The summed E-state index contributed by atoms with van der Waals surface area (Å²) in [4.78, 5) is 0. The number of nitrogens with zero attached hydrogens (tertiary/aromatic N) is 3. The van der Waals surface area contributed by atoms with Gasteiger partial charge in [0.05, 0.1) is 11.8 Å². The third kappa shape index (κ3) is 4.38. The molecule has 0 aromatic carbocycles. The average Bonchev–Trinajstić information content (AvgIpc) is 2.96. The lowest BCUT2D eigenvalue weighted by atomic mass is 10.2. The van der Waals surface area contributed by atoms with E-state index in [9.17, 15) is 0 Å². The van der Waals surface area contributed by atoms with Gasteiger partial charge in [0.1, 0.15) is 0 Å². The minimum absolute atomic E-state index is 0.428. The first kappa shape index (κ1) is 13.5. The second kappa shape index (κ2) is 6.85. The number of aryl methyl sites for hydroxylation is 1. The van der Waals surface area contributed by atoms with Crippen molar-refractivity contribution in [3.63, 3.8) is 0 Å². The molecular weight excluding hydrogens is 228 g/mol. The van der Waals surface area contributed by atoms with Crippen molar-refractivity contribution in [1.82, 2.24) is 20.3 Å². The Balaban J connectivity index is 1.68. The molecule has 1 fully saturated rings. The molecule has 1 N–H and O–H groups in total. The molecule has 0 amide bonds. The Morgan fingerprint density at radius 2 is 2.44 bits per heavy atom. The van der Waals surface area contributed by atoms with Crippen molar-refractivity contribution >= 4 is 0 Å². The molecule has 1 aliphatic heterocycles. The molecule has 2 rings (SSSR count). The van der Waals surface area contributed by atoms with E-state index in [0.717, 1.165) is 38.4 Å². The van der Waals surface area contributed by atoms with Gasteiger partial charge in [-0.3, -0.25) is 4.68 Å². The molecule has 5 heteroatoms. The summed E-state index contributed by atoms with van der Waals surface area (Å²) in [6, 6.07) is 0. The minimum Gasteiger partial charge on any atom is -0.378 e. The fourth-order valence-electron chi connectivity index (χ4n) is 2.17. The molecule has 1 atom stereocenters. The van der Waals surface area contributed by atoms with Crippen molar-refractivity contribution in [1.29, 1.82) is 0 Å². The number of hydrogen-bond donors (Lipinski definition) is 1. The lowest BCUT2D eigenvalue weighted by Crippen LogP contribution is -2.19. The lowest BCUT2D eigenvalue weighted by molar-refractivity contribution is 0.0993. The van der Waals surface area contributed by atoms with Crippen LogP contribution < -0.4 is 5.32 Å². The summed E-state index contributed by atoms with van der Waals surface area (Å²) in [5, 5.41) is 11.7. The van der Waals surface area contributed by atoms with Crippen molar-refractivity contribution < 1.29 is 4.74 Å². The van der Waals surface area contributed by atoms with E-state index in [-0.39, 0.29) is 0 Å². The molecule has 1 saturated heterocycles. The van der Waals surface area contributed by atoms with E-state index in [0.29, 0.717) is 12.0 Å². The summed E-state index contributed by atoms with van der Waals surface area (Å²) in [7, 11) is 0. The van der Waals surface area contributed by atoms with Crippen LogP contribution in [0.1, 0.15) is 38.8 Å². The molecule has 1 aliphatic rings. The molecule has 1 unspecified atom stereocenters. The largest absolute Gasteiger partial charge is 0.378 e. The second-order valence-corrected chi connectivity index (χ2v) is 5.42. The van der Waals surface area contributed by atoms with E-state index >= 15 is 0 Å². The maximum atomic E-state index is 5.60. The summed E-state index contributed by atoms with van der Waals surface area (Å²) in [6.07, 6.45) is 5.89. The van der Waals surface area contributed by atoms with Gasteiger partial charge in [-0.1, -0.05) is 19.1 Å². The third-order valence-electron chi connectivity index (χ3n) is 3.15. The Morgan fingerprint density at radius 3 is 3.17 bits per heavy atom. The second-order valence-electron chi connectivity index (χ2n) is 5.42. The first-order valence-electron chi connectivity index (χ1n) is 6.95. The molecule has 0 saturated carbocycles. The quantitative estimate of drug-likeness (QED) is 0.800. The predicted octanol–water partition coefficient (Wildman–Crippen LogP) is 1.59. The zero-order chi connectivity index (χ0) is 12.8. The third-order valence-corrected chi connectivity index (χ3v) is 3.15. The van der Waals surface area contributed by atoms with Gasteiger partial charge in [0.2, 0.25) is 0 Å². The van der Waals surface area contributed by atoms with Crippen LogP contribution in [0.5, 0.6) is 0 Å².